The van der Waals surface area contributed by atoms with Crippen molar-refractivity contribution in [3.05, 3.63) is 47.3 Å². The summed E-state index contributed by atoms with van der Waals surface area (Å²) in [6.45, 7) is 6.05. The summed E-state index contributed by atoms with van der Waals surface area (Å²) in [6.07, 6.45) is 0.318. The Morgan fingerprint density at radius 3 is 2.48 bits per heavy atom. The number of piperazine rings is 1. The lowest BCUT2D eigenvalue weighted by Crippen LogP contribution is -2.48. The van der Waals surface area contributed by atoms with Gasteiger partial charge in [0.1, 0.15) is 5.69 Å². The van der Waals surface area contributed by atoms with Crippen LogP contribution in [-0.4, -0.2) is 65.8 Å². The highest BCUT2D eigenvalue weighted by Crippen LogP contribution is 2.37. The Bertz CT molecular complexity index is 894. The summed E-state index contributed by atoms with van der Waals surface area (Å²) in [5, 5.41) is 0. The predicted molar refractivity (Wildman–Crippen MR) is 106 cm³/mol. The van der Waals surface area contributed by atoms with Crippen molar-refractivity contribution >= 4 is 23.1 Å². The molecule has 142 valence electrons. The lowest BCUT2D eigenvalue weighted by Gasteiger charge is -2.33. The van der Waals surface area contributed by atoms with E-state index in [1.807, 2.05) is 48.9 Å². The molecule has 27 heavy (non-hydrogen) atoms. The molecule has 0 bridgehead atoms. The van der Waals surface area contributed by atoms with E-state index in [0.29, 0.717) is 24.3 Å². The van der Waals surface area contributed by atoms with Gasteiger partial charge in [0, 0.05) is 45.3 Å². The highest BCUT2D eigenvalue weighted by molar-refractivity contribution is 6.12. The van der Waals surface area contributed by atoms with E-state index < -0.39 is 0 Å². The van der Waals surface area contributed by atoms with Gasteiger partial charge in [0.05, 0.1) is 17.9 Å². The smallest absolute Gasteiger partial charge is 0.245 e. The number of para-hydroxylation sites is 1. The number of ketones is 1. The molecule has 0 aliphatic carbocycles. The van der Waals surface area contributed by atoms with Crippen molar-refractivity contribution in [2.24, 2.45) is 7.05 Å². The molecular formula is C21H26N4O2. The van der Waals surface area contributed by atoms with Crippen LogP contribution in [0.15, 0.2) is 30.3 Å². The number of aromatic nitrogens is 1. The summed E-state index contributed by atoms with van der Waals surface area (Å²) < 4.78 is 1.90. The van der Waals surface area contributed by atoms with Gasteiger partial charge in [-0.2, -0.15) is 0 Å². The number of likely N-dealkylation sites (N-methyl/N-ethyl adjacent to an activating group) is 1. The van der Waals surface area contributed by atoms with Crippen molar-refractivity contribution in [1.82, 2.24) is 14.4 Å². The molecule has 0 N–H and O–H groups in total. The van der Waals surface area contributed by atoms with E-state index in [1.165, 1.54) is 0 Å². The summed E-state index contributed by atoms with van der Waals surface area (Å²) in [5.41, 5.74) is 4.04. The van der Waals surface area contributed by atoms with Crippen molar-refractivity contribution in [1.29, 1.82) is 0 Å². The van der Waals surface area contributed by atoms with Crippen LogP contribution in [0, 0.1) is 6.92 Å². The van der Waals surface area contributed by atoms with Gasteiger partial charge in [-0.3, -0.25) is 19.4 Å². The second-order valence-corrected chi connectivity index (χ2v) is 7.62. The van der Waals surface area contributed by atoms with Crippen LogP contribution in [0.5, 0.6) is 0 Å². The number of hydrogen-bond donors (Lipinski definition) is 0. The van der Waals surface area contributed by atoms with Crippen LogP contribution >= 0.6 is 0 Å². The van der Waals surface area contributed by atoms with E-state index in [9.17, 15) is 9.59 Å². The number of Topliss-reactive ketones (excluding diaryl/α,β-unsaturated/α-hetero) is 1. The van der Waals surface area contributed by atoms with Crippen LogP contribution in [0.4, 0.5) is 11.4 Å². The molecule has 0 saturated carbocycles. The molecule has 1 aromatic carbocycles. The molecule has 0 atom stereocenters. The Balaban J connectivity index is 1.74. The van der Waals surface area contributed by atoms with Crippen LogP contribution in [0.25, 0.3) is 0 Å². The fourth-order valence-electron chi connectivity index (χ4n) is 4.01. The third-order valence-corrected chi connectivity index (χ3v) is 5.75. The molecule has 0 radical (unpaired) electrons. The average Bonchev–Trinajstić information content (AvgIpc) is 2.86. The van der Waals surface area contributed by atoms with Crippen LogP contribution in [0.2, 0.25) is 0 Å². The molecule has 0 spiro atoms. The molecule has 2 aliphatic heterocycles. The first-order valence-electron chi connectivity index (χ1n) is 9.47. The summed E-state index contributed by atoms with van der Waals surface area (Å²) >= 11 is 0. The monoisotopic (exact) mass is 366 g/mol. The fraction of sp³-hybridized carbons (Fsp3) is 0.429. The van der Waals surface area contributed by atoms with Gasteiger partial charge in [0.2, 0.25) is 5.91 Å². The van der Waals surface area contributed by atoms with Gasteiger partial charge in [0.15, 0.2) is 5.78 Å². The molecule has 1 aromatic heterocycles. The minimum absolute atomic E-state index is 0.0218. The Morgan fingerprint density at radius 1 is 1.04 bits per heavy atom. The van der Waals surface area contributed by atoms with E-state index >= 15 is 0 Å². The van der Waals surface area contributed by atoms with Crippen molar-refractivity contribution in [2.75, 3.05) is 44.7 Å². The Morgan fingerprint density at radius 2 is 1.74 bits per heavy atom. The number of carbonyl (C=O) groups excluding carboxylic acids is 2. The standard InChI is InChI=1S/C21H26N4O2/c1-15-12-18-21(23(15)3)19(26)13-16-6-4-5-7-17(16)25(18)20(27)14-24-10-8-22(2)9-11-24/h4-7,12H,8-11,13-14H2,1-3H3. The van der Waals surface area contributed by atoms with Gasteiger partial charge in [-0.25, -0.2) is 0 Å². The Labute approximate surface area is 160 Å². The second-order valence-electron chi connectivity index (χ2n) is 7.62. The zero-order valence-corrected chi connectivity index (χ0v) is 16.2. The fourth-order valence-corrected chi connectivity index (χ4v) is 4.01. The van der Waals surface area contributed by atoms with Crippen LogP contribution in [-0.2, 0) is 18.3 Å². The molecule has 1 amide bonds. The quantitative estimate of drug-likeness (QED) is 0.816. The zero-order valence-electron chi connectivity index (χ0n) is 16.2. The second kappa shape index (κ2) is 6.94. The van der Waals surface area contributed by atoms with Crippen molar-refractivity contribution in [3.8, 4) is 0 Å². The summed E-state index contributed by atoms with van der Waals surface area (Å²) in [6, 6.07) is 9.71. The minimum Gasteiger partial charge on any atom is -0.344 e. The first-order valence-corrected chi connectivity index (χ1v) is 9.47. The summed E-state index contributed by atoms with van der Waals surface area (Å²) in [7, 11) is 4.00. The van der Waals surface area contributed by atoms with Gasteiger partial charge in [-0.15, -0.1) is 0 Å². The van der Waals surface area contributed by atoms with Crippen molar-refractivity contribution < 1.29 is 9.59 Å². The van der Waals surface area contributed by atoms with Gasteiger partial charge >= 0.3 is 0 Å². The van der Waals surface area contributed by atoms with E-state index in [4.69, 9.17) is 0 Å². The average molecular weight is 366 g/mol. The van der Waals surface area contributed by atoms with E-state index in [1.54, 1.807) is 4.90 Å². The summed E-state index contributed by atoms with van der Waals surface area (Å²) in [4.78, 5) is 32.6. The van der Waals surface area contributed by atoms with Gasteiger partial charge < -0.3 is 9.47 Å². The largest absolute Gasteiger partial charge is 0.344 e. The SMILES string of the molecule is Cc1cc2c(n1C)C(=O)Cc1ccccc1N2C(=O)CN1CCN(C)CC1. The maximum atomic E-state index is 13.4. The Kier molecular flexibility index (Phi) is 4.61. The van der Waals surface area contributed by atoms with Gasteiger partial charge in [0.25, 0.3) is 0 Å². The van der Waals surface area contributed by atoms with E-state index in [-0.39, 0.29) is 11.7 Å². The number of amides is 1. The third kappa shape index (κ3) is 3.19. The van der Waals surface area contributed by atoms with Crippen LogP contribution in [0.1, 0.15) is 21.7 Å². The number of benzene rings is 1. The lowest BCUT2D eigenvalue weighted by molar-refractivity contribution is -0.119. The maximum absolute atomic E-state index is 13.4. The molecule has 2 aliphatic rings. The molecular weight excluding hydrogens is 340 g/mol. The minimum atomic E-state index is 0.0218. The number of rotatable bonds is 2. The summed E-state index contributed by atoms with van der Waals surface area (Å²) in [5.74, 6) is 0.0801. The number of anilines is 2. The zero-order chi connectivity index (χ0) is 19.1. The topological polar surface area (TPSA) is 48.8 Å². The van der Waals surface area contributed by atoms with E-state index in [2.05, 4.69) is 16.8 Å². The Hall–Kier alpha value is -2.44. The molecule has 1 fully saturated rings. The predicted octanol–water partition coefficient (Wildman–Crippen LogP) is 1.98. The molecule has 3 heterocycles. The lowest BCUT2D eigenvalue weighted by atomic mass is 10.1. The molecule has 6 heteroatoms. The van der Waals surface area contributed by atoms with Gasteiger partial charge in [-0.1, -0.05) is 18.2 Å². The molecule has 1 saturated heterocycles. The molecule has 4 rings (SSSR count). The normalized spacial score (nSPS) is 18.2. The molecule has 6 nitrogen and oxygen atoms in total. The van der Waals surface area contributed by atoms with Crippen molar-refractivity contribution in [2.45, 2.75) is 13.3 Å². The van der Waals surface area contributed by atoms with Crippen molar-refractivity contribution in [3.63, 3.8) is 0 Å². The number of aryl methyl sites for hydroxylation is 1. The number of hydrogen-bond acceptors (Lipinski definition) is 4. The highest BCUT2D eigenvalue weighted by Gasteiger charge is 2.33. The first kappa shape index (κ1) is 17.9. The van der Waals surface area contributed by atoms with Crippen LogP contribution < -0.4 is 4.90 Å². The van der Waals surface area contributed by atoms with E-state index in [0.717, 1.165) is 43.1 Å². The van der Waals surface area contributed by atoms with Crippen LogP contribution in [0.3, 0.4) is 0 Å². The molecule has 0 unspecified atom stereocenters. The third-order valence-electron chi connectivity index (χ3n) is 5.75. The number of fused-ring (bicyclic) bond motifs is 2. The first-order chi connectivity index (χ1) is 13.0. The van der Waals surface area contributed by atoms with Gasteiger partial charge in [-0.05, 0) is 31.7 Å². The maximum Gasteiger partial charge on any atom is 0.245 e. The molecule has 2 aromatic rings. The highest BCUT2D eigenvalue weighted by atomic mass is 16.2. The number of carbonyl (C=O) groups is 2. The number of nitrogens with zero attached hydrogens (tertiary/aromatic N) is 4.